The number of benzene rings is 1. The minimum absolute atomic E-state index is 0.0645. The molecule has 1 aliphatic carbocycles. The monoisotopic (exact) mass is 262 g/mol. The number of hydrogen-bond acceptors (Lipinski definition) is 3. The van der Waals surface area contributed by atoms with E-state index in [0.717, 1.165) is 31.2 Å². The quantitative estimate of drug-likeness (QED) is 0.778. The lowest BCUT2D eigenvalue weighted by molar-refractivity contribution is -0.117. The number of anilines is 1. The highest BCUT2D eigenvalue weighted by atomic mass is 16.3. The summed E-state index contributed by atoms with van der Waals surface area (Å²) in [7, 11) is 0. The van der Waals surface area contributed by atoms with E-state index in [0.29, 0.717) is 12.1 Å². The highest BCUT2D eigenvalue weighted by Crippen LogP contribution is 2.29. The molecule has 4 N–H and O–H groups in total. The van der Waals surface area contributed by atoms with Crippen molar-refractivity contribution < 1.29 is 9.90 Å². The van der Waals surface area contributed by atoms with Crippen LogP contribution in [-0.4, -0.2) is 16.6 Å². The van der Waals surface area contributed by atoms with Gasteiger partial charge in [-0.2, -0.15) is 0 Å². The van der Waals surface area contributed by atoms with Crippen LogP contribution in [0.3, 0.4) is 0 Å². The Bertz CT molecular complexity index is 440. The van der Waals surface area contributed by atoms with Crippen LogP contribution in [-0.2, 0) is 11.4 Å². The van der Waals surface area contributed by atoms with Gasteiger partial charge in [-0.05, 0) is 18.9 Å². The summed E-state index contributed by atoms with van der Waals surface area (Å²) >= 11 is 0. The summed E-state index contributed by atoms with van der Waals surface area (Å²) in [5.74, 6) is -0.0645. The molecule has 0 saturated heterocycles. The van der Waals surface area contributed by atoms with Crippen LogP contribution in [0.25, 0.3) is 0 Å². The van der Waals surface area contributed by atoms with Crippen LogP contribution >= 0.6 is 0 Å². The van der Waals surface area contributed by atoms with Crippen LogP contribution in [0, 0.1) is 0 Å². The Hall–Kier alpha value is -1.39. The lowest BCUT2D eigenvalue weighted by Crippen LogP contribution is -2.44. The number of para-hydroxylation sites is 1. The average molecular weight is 262 g/mol. The van der Waals surface area contributed by atoms with Crippen molar-refractivity contribution in [1.82, 2.24) is 0 Å². The maximum atomic E-state index is 12.1. The Morgan fingerprint density at radius 1 is 1.26 bits per heavy atom. The van der Waals surface area contributed by atoms with Gasteiger partial charge in [0.25, 0.3) is 0 Å². The smallest absolute Gasteiger partial charge is 0.226 e. The molecule has 4 heteroatoms. The normalized spacial score (nSPS) is 18.0. The summed E-state index contributed by atoms with van der Waals surface area (Å²) in [6, 6.07) is 7.28. The maximum absolute atomic E-state index is 12.1. The molecule has 1 saturated carbocycles. The molecule has 2 rings (SSSR count). The summed E-state index contributed by atoms with van der Waals surface area (Å²) in [5.41, 5.74) is 7.33. The number of nitrogens with one attached hydrogen (secondary N) is 1. The summed E-state index contributed by atoms with van der Waals surface area (Å²) in [6.45, 7) is -0.0791. The van der Waals surface area contributed by atoms with Gasteiger partial charge in [0.15, 0.2) is 0 Å². The predicted octanol–water partition coefficient (Wildman–Crippen LogP) is 2.17. The lowest BCUT2D eigenvalue weighted by atomic mass is 9.80. The second-order valence-electron chi connectivity index (χ2n) is 5.46. The lowest BCUT2D eigenvalue weighted by Gasteiger charge is -2.32. The van der Waals surface area contributed by atoms with E-state index in [1.807, 2.05) is 12.1 Å². The first-order valence-electron chi connectivity index (χ1n) is 6.90. The number of aliphatic hydroxyl groups is 1. The minimum atomic E-state index is -0.351. The SMILES string of the molecule is NC1(CC(=O)Nc2ccccc2CO)CCCCC1. The van der Waals surface area contributed by atoms with Gasteiger partial charge >= 0.3 is 0 Å². The van der Waals surface area contributed by atoms with Crippen LogP contribution < -0.4 is 11.1 Å². The molecular weight excluding hydrogens is 240 g/mol. The van der Waals surface area contributed by atoms with E-state index in [1.54, 1.807) is 12.1 Å². The highest BCUT2D eigenvalue weighted by molar-refractivity contribution is 5.92. The van der Waals surface area contributed by atoms with Gasteiger partial charge in [0.1, 0.15) is 0 Å². The number of hydrogen-bond donors (Lipinski definition) is 3. The van der Waals surface area contributed by atoms with Gasteiger partial charge in [0.05, 0.1) is 6.61 Å². The van der Waals surface area contributed by atoms with E-state index in [2.05, 4.69) is 5.32 Å². The molecule has 1 fully saturated rings. The number of carbonyl (C=O) groups is 1. The molecule has 4 nitrogen and oxygen atoms in total. The largest absolute Gasteiger partial charge is 0.392 e. The number of amides is 1. The van der Waals surface area contributed by atoms with Crippen molar-refractivity contribution in [2.24, 2.45) is 5.73 Å². The molecule has 1 aromatic carbocycles. The van der Waals surface area contributed by atoms with Crippen molar-refractivity contribution in [1.29, 1.82) is 0 Å². The fourth-order valence-electron chi connectivity index (χ4n) is 2.73. The number of aliphatic hydroxyl groups excluding tert-OH is 1. The fourth-order valence-corrected chi connectivity index (χ4v) is 2.73. The standard InChI is InChI=1S/C15H22N2O2/c16-15(8-4-1-5-9-15)10-14(19)17-13-7-3-2-6-12(13)11-18/h2-3,6-7,18H,1,4-5,8-11,16H2,(H,17,19). The third-order valence-electron chi connectivity index (χ3n) is 3.82. The molecule has 0 bridgehead atoms. The molecule has 0 aliphatic heterocycles. The van der Waals surface area contributed by atoms with Crippen LogP contribution in [0.15, 0.2) is 24.3 Å². The highest BCUT2D eigenvalue weighted by Gasteiger charge is 2.30. The third-order valence-corrected chi connectivity index (χ3v) is 3.82. The zero-order valence-corrected chi connectivity index (χ0v) is 11.2. The van der Waals surface area contributed by atoms with Crippen LogP contribution in [0.4, 0.5) is 5.69 Å². The first kappa shape index (κ1) is 14.0. The summed E-state index contributed by atoms with van der Waals surface area (Å²) in [6.07, 6.45) is 5.62. The first-order valence-corrected chi connectivity index (χ1v) is 6.90. The average Bonchev–Trinajstić information content (AvgIpc) is 2.39. The van der Waals surface area contributed by atoms with Gasteiger partial charge in [0.2, 0.25) is 5.91 Å². The molecule has 1 aromatic rings. The zero-order valence-electron chi connectivity index (χ0n) is 11.2. The molecule has 1 aliphatic rings. The zero-order chi connectivity index (χ0) is 13.7. The summed E-state index contributed by atoms with van der Waals surface area (Å²) in [4.78, 5) is 12.1. The predicted molar refractivity (Wildman–Crippen MR) is 75.6 cm³/mol. The molecule has 0 aromatic heterocycles. The van der Waals surface area contributed by atoms with Crippen molar-refractivity contribution >= 4 is 11.6 Å². The Kier molecular flexibility index (Phi) is 4.56. The topological polar surface area (TPSA) is 75.4 Å². The van der Waals surface area contributed by atoms with Crippen molar-refractivity contribution in [2.75, 3.05) is 5.32 Å². The van der Waals surface area contributed by atoms with Gasteiger partial charge in [-0.15, -0.1) is 0 Å². The van der Waals surface area contributed by atoms with E-state index >= 15 is 0 Å². The Morgan fingerprint density at radius 3 is 2.63 bits per heavy atom. The van der Waals surface area contributed by atoms with Gasteiger partial charge < -0.3 is 16.2 Å². The van der Waals surface area contributed by atoms with Gasteiger partial charge in [0, 0.05) is 23.2 Å². The van der Waals surface area contributed by atoms with Crippen LogP contribution in [0.1, 0.15) is 44.1 Å². The van der Waals surface area contributed by atoms with E-state index < -0.39 is 0 Å². The molecule has 0 spiro atoms. The van der Waals surface area contributed by atoms with E-state index in [9.17, 15) is 9.90 Å². The number of carbonyl (C=O) groups excluding carboxylic acids is 1. The summed E-state index contributed by atoms with van der Waals surface area (Å²) in [5, 5.41) is 12.1. The van der Waals surface area contributed by atoms with Gasteiger partial charge in [-0.25, -0.2) is 0 Å². The van der Waals surface area contributed by atoms with Gasteiger partial charge in [-0.1, -0.05) is 37.5 Å². The Balaban J connectivity index is 1.97. The number of rotatable bonds is 4. The van der Waals surface area contributed by atoms with Crippen molar-refractivity contribution in [3.05, 3.63) is 29.8 Å². The molecule has 104 valence electrons. The van der Waals surface area contributed by atoms with Crippen LogP contribution in [0.2, 0.25) is 0 Å². The molecule has 1 amide bonds. The Labute approximate surface area is 114 Å². The first-order chi connectivity index (χ1) is 9.13. The van der Waals surface area contributed by atoms with E-state index in [4.69, 9.17) is 5.73 Å². The van der Waals surface area contributed by atoms with Crippen LogP contribution in [0.5, 0.6) is 0 Å². The second kappa shape index (κ2) is 6.17. The third kappa shape index (κ3) is 3.78. The second-order valence-corrected chi connectivity index (χ2v) is 5.46. The molecule has 0 heterocycles. The Morgan fingerprint density at radius 2 is 1.95 bits per heavy atom. The van der Waals surface area contributed by atoms with Gasteiger partial charge in [-0.3, -0.25) is 4.79 Å². The maximum Gasteiger partial charge on any atom is 0.226 e. The fraction of sp³-hybridized carbons (Fsp3) is 0.533. The molecule has 0 unspecified atom stereocenters. The van der Waals surface area contributed by atoms with Crippen molar-refractivity contribution in [3.8, 4) is 0 Å². The molecule has 0 radical (unpaired) electrons. The summed E-state index contributed by atoms with van der Waals surface area (Å²) < 4.78 is 0. The number of nitrogens with two attached hydrogens (primary N) is 1. The van der Waals surface area contributed by atoms with E-state index in [-0.39, 0.29) is 18.1 Å². The van der Waals surface area contributed by atoms with Crippen molar-refractivity contribution in [3.63, 3.8) is 0 Å². The molecular formula is C15H22N2O2. The van der Waals surface area contributed by atoms with E-state index in [1.165, 1.54) is 6.42 Å². The molecule has 19 heavy (non-hydrogen) atoms. The molecule has 0 atom stereocenters. The van der Waals surface area contributed by atoms with Crippen molar-refractivity contribution in [2.45, 2.75) is 50.7 Å². The minimum Gasteiger partial charge on any atom is -0.392 e.